The predicted octanol–water partition coefficient (Wildman–Crippen LogP) is 1.72. The van der Waals surface area contributed by atoms with Crippen LogP contribution in [0.3, 0.4) is 0 Å². The Balaban J connectivity index is 2.98. The van der Waals surface area contributed by atoms with Crippen LogP contribution < -0.4 is 5.73 Å². The van der Waals surface area contributed by atoms with Gasteiger partial charge in [0.2, 0.25) is 5.91 Å². The molecule has 0 aromatic carbocycles. The lowest BCUT2D eigenvalue weighted by molar-refractivity contribution is -0.144. The van der Waals surface area contributed by atoms with E-state index in [4.69, 9.17) is 22.7 Å². The molecule has 18 heavy (non-hydrogen) atoms. The fraction of sp³-hybridized carbons (Fsp3) is 0.846. The number of carbonyl (C=O) groups excluding carboxylic acids is 1. The van der Waals surface area contributed by atoms with Crippen LogP contribution in [-0.4, -0.2) is 41.6 Å². The molecule has 0 aromatic heterocycles. The summed E-state index contributed by atoms with van der Waals surface area (Å²) in [5.41, 5.74) is 5.18. The van der Waals surface area contributed by atoms with Crippen LogP contribution in [-0.2, 0) is 9.53 Å². The third-order valence-electron chi connectivity index (χ3n) is 3.95. The highest BCUT2D eigenvalue weighted by Gasteiger charge is 2.45. The third kappa shape index (κ3) is 2.83. The molecule has 5 heteroatoms. The molecule has 1 saturated heterocycles. The zero-order valence-corrected chi connectivity index (χ0v) is 12.4. The first-order valence-corrected chi connectivity index (χ1v) is 7.09. The molecule has 1 rings (SSSR count). The van der Waals surface area contributed by atoms with Crippen LogP contribution in [0.5, 0.6) is 0 Å². The van der Waals surface area contributed by atoms with Crippen molar-refractivity contribution in [1.82, 2.24) is 4.90 Å². The molecule has 2 N–H and O–H groups in total. The standard InChI is InChI=1S/C13H24N2O2S/c1-4-10(3)15(5-2)12(16)13(11(14)18)6-8-17-9-7-13/h10H,4-9H2,1-3H3,(H2,14,18). The number of thiocarbonyl (C=S) groups is 1. The molecule has 1 amide bonds. The maximum Gasteiger partial charge on any atom is 0.236 e. The van der Waals surface area contributed by atoms with Crippen molar-refractivity contribution in [2.45, 2.75) is 46.1 Å². The van der Waals surface area contributed by atoms with E-state index in [1.165, 1.54) is 0 Å². The summed E-state index contributed by atoms with van der Waals surface area (Å²) in [5, 5.41) is 0. The summed E-state index contributed by atoms with van der Waals surface area (Å²) in [5.74, 6) is 0.0788. The van der Waals surface area contributed by atoms with Crippen LogP contribution in [0.2, 0.25) is 0 Å². The van der Waals surface area contributed by atoms with E-state index in [1.807, 2.05) is 11.8 Å². The second kappa shape index (κ2) is 6.48. The van der Waals surface area contributed by atoms with Gasteiger partial charge in [-0.15, -0.1) is 0 Å². The zero-order chi connectivity index (χ0) is 13.8. The van der Waals surface area contributed by atoms with Gasteiger partial charge in [-0.05, 0) is 33.1 Å². The van der Waals surface area contributed by atoms with Gasteiger partial charge in [-0.2, -0.15) is 0 Å². The van der Waals surface area contributed by atoms with Gasteiger partial charge in [0, 0.05) is 25.8 Å². The van der Waals surface area contributed by atoms with Gasteiger partial charge in [0.15, 0.2) is 0 Å². The summed E-state index contributed by atoms with van der Waals surface area (Å²) in [6.45, 7) is 7.95. The molecular formula is C13H24N2O2S. The highest BCUT2D eigenvalue weighted by atomic mass is 32.1. The average molecular weight is 272 g/mol. The second-order valence-corrected chi connectivity index (χ2v) is 5.35. The molecule has 1 aliphatic heterocycles. The molecule has 0 spiro atoms. The van der Waals surface area contributed by atoms with E-state index in [-0.39, 0.29) is 11.9 Å². The van der Waals surface area contributed by atoms with Gasteiger partial charge in [0.1, 0.15) is 5.41 Å². The Labute approximate surface area is 115 Å². The molecule has 0 aromatic rings. The molecule has 1 heterocycles. The molecule has 0 saturated carbocycles. The van der Waals surface area contributed by atoms with Crippen LogP contribution in [0.25, 0.3) is 0 Å². The van der Waals surface area contributed by atoms with Crippen LogP contribution in [0.4, 0.5) is 0 Å². The van der Waals surface area contributed by atoms with Crippen molar-refractivity contribution in [3.8, 4) is 0 Å². The Kier molecular flexibility index (Phi) is 5.53. The van der Waals surface area contributed by atoms with Crippen molar-refractivity contribution in [1.29, 1.82) is 0 Å². The maximum absolute atomic E-state index is 12.8. The fourth-order valence-electron chi connectivity index (χ4n) is 2.44. The Bertz CT molecular complexity index is 314. The largest absolute Gasteiger partial charge is 0.392 e. The van der Waals surface area contributed by atoms with E-state index in [9.17, 15) is 4.79 Å². The molecular weight excluding hydrogens is 248 g/mol. The zero-order valence-electron chi connectivity index (χ0n) is 11.6. The van der Waals surface area contributed by atoms with Crippen molar-refractivity contribution >= 4 is 23.1 Å². The van der Waals surface area contributed by atoms with E-state index in [1.54, 1.807) is 0 Å². The first kappa shape index (κ1) is 15.4. The summed E-state index contributed by atoms with van der Waals surface area (Å²) in [7, 11) is 0. The maximum atomic E-state index is 12.8. The highest BCUT2D eigenvalue weighted by molar-refractivity contribution is 7.80. The van der Waals surface area contributed by atoms with Crippen LogP contribution in [0.1, 0.15) is 40.0 Å². The Morgan fingerprint density at radius 1 is 1.44 bits per heavy atom. The molecule has 1 fully saturated rings. The number of nitrogens with zero attached hydrogens (tertiary/aromatic N) is 1. The first-order chi connectivity index (χ1) is 8.49. The molecule has 1 aliphatic rings. The summed E-state index contributed by atoms with van der Waals surface area (Å²) in [6, 6.07) is 0.219. The fourth-order valence-corrected chi connectivity index (χ4v) is 2.73. The number of nitrogens with two attached hydrogens (primary N) is 1. The van der Waals surface area contributed by atoms with Crippen molar-refractivity contribution < 1.29 is 9.53 Å². The monoisotopic (exact) mass is 272 g/mol. The van der Waals surface area contributed by atoms with E-state index >= 15 is 0 Å². The molecule has 0 aliphatic carbocycles. The molecule has 104 valence electrons. The number of amides is 1. The highest BCUT2D eigenvalue weighted by Crippen LogP contribution is 2.34. The van der Waals surface area contributed by atoms with Gasteiger partial charge >= 0.3 is 0 Å². The normalized spacial score (nSPS) is 20.2. The van der Waals surface area contributed by atoms with Crippen LogP contribution in [0.15, 0.2) is 0 Å². The van der Waals surface area contributed by atoms with Crippen LogP contribution in [0, 0.1) is 5.41 Å². The van der Waals surface area contributed by atoms with Crippen LogP contribution >= 0.6 is 12.2 Å². The smallest absolute Gasteiger partial charge is 0.236 e. The average Bonchev–Trinajstić information content (AvgIpc) is 2.39. The second-order valence-electron chi connectivity index (χ2n) is 4.91. The number of rotatable bonds is 5. The SMILES string of the molecule is CCC(C)N(CC)C(=O)C1(C(N)=S)CCOCC1. The quantitative estimate of drug-likeness (QED) is 0.774. The summed E-state index contributed by atoms with van der Waals surface area (Å²) in [6.07, 6.45) is 2.14. The molecule has 4 nitrogen and oxygen atoms in total. The minimum absolute atomic E-state index is 0.0788. The predicted molar refractivity (Wildman–Crippen MR) is 76.4 cm³/mol. The molecule has 0 radical (unpaired) electrons. The van der Waals surface area contributed by atoms with Crippen molar-refractivity contribution in [2.24, 2.45) is 11.1 Å². The topological polar surface area (TPSA) is 55.6 Å². The van der Waals surface area contributed by atoms with E-state index in [0.717, 1.165) is 6.42 Å². The summed E-state index contributed by atoms with van der Waals surface area (Å²) >= 11 is 5.17. The number of hydrogen-bond donors (Lipinski definition) is 1. The van der Waals surface area contributed by atoms with Gasteiger partial charge in [-0.3, -0.25) is 4.79 Å². The van der Waals surface area contributed by atoms with Crippen molar-refractivity contribution in [2.75, 3.05) is 19.8 Å². The molecule has 1 atom stereocenters. The summed E-state index contributed by atoms with van der Waals surface area (Å²) in [4.78, 5) is 15.0. The Morgan fingerprint density at radius 3 is 2.39 bits per heavy atom. The van der Waals surface area contributed by atoms with Gasteiger partial charge < -0.3 is 15.4 Å². The lowest BCUT2D eigenvalue weighted by Gasteiger charge is -2.40. The number of hydrogen-bond acceptors (Lipinski definition) is 3. The van der Waals surface area contributed by atoms with Gasteiger partial charge in [0.25, 0.3) is 0 Å². The van der Waals surface area contributed by atoms with Crippen molar-refractivity contribution in [3.63, 3.8) is 0 Å². The number of carbonyl (C=O) groups is 1. The lowest BCUT2D eigenvalue weighted by atomic mass is 9.78. The first-order valence-electron chi connectivity index (χ1n) is 6.68. The van der Waals surface area contributed by atoms with E-state index in [0.29, 0.717) is 37.6 Å². The molecule has 0 bridgehead atoms. The molecule has 1 unspecified atom stereocenters. The lowest BCUT2D eigenvalue weighted by Crippen LogP contribution is -2.55. The minimum Gasteiger partial charge on any atom is -0.392 e. The van der Waals surface area contributed by atoms with Crippen molar-refractivity contribution in [3.05, 3.63) is 0 Å². The third-order valence-corrected chi connectivity index (χ3v) is 4.34. The van der Waals surface area contributed by atoms with Gasteiger partial charge in [-0.1, -0.05) is 19.1 Å². The Morgan fingerprint density at radius 2 is 2.00 bits per heavy atom. The summed E-state index contributed by atoms with van der Waals surface area (Å²) < 4.78 is 5.34. The van der Waals surface area contributed by atoms with Gasteiger partial charge in [-0.25, -0.2) is 0 Å². The van der Waals surface area contributed by atoms with E-state index < -0.39 is 5.41 Å². The number of ether oxygens (including phenoxy) is 1. The van der Waals surface area contributed by atoms with E-state index in [2.05, 4.69) is 13.8 Å². The van der Waals surface area contributed by atoms with Gasteiger partial charge in [0.05, 0.1) is 4.99 Å². The Hall–Kier alpha value is -0.680. The minimum atomic E-state index is -0.687.